The fraction of sp³-hybridized carbons (Fsp3) is 0.357. The fourth-order valence-electron chi connectivity index (χ4n) is 2.70. The highest BCUT2D eigenvalue weighted by Crippen LogP contribution is 2.33. The van der Waals surface area contributed by atoms with E-state index >= 15 is 0 Å². The van der Waals surface area contributed by atoms with Crippen LogP contribution in [0.3, 0.4) is 0 Å². The van der Waals surface area contributed by atoms with Gasteiger partial charge in [0.25, 0.3) is 11.6 Å². The number of imide groups is 1. The van der Waals surface area contributed by atoms with Crippen LogP contribution in [-0.4, -0.2) is 51.3 Å². The molecular weight excluding hydrogens is 372 g/mol. The van der Waals surface area contributed by atoms with E-state index in [1.54, 1.807) is 11.8 Å². The predicted octanol–water partition coefficient (Wildman–Crippen LogP) is 1.61. The molecule has 0 radical (unpaired) electrons. The Morgan fingerprint density at radius 1 is 1.48 bits per heavy atom. The Bertz CT molecular complexity index is 780. The molecule has 9 nitrogen and oxygen atoms in total. The highest BCUT2D eigenvalue weighted by Gasteiger charge is 2.53. The molecule has 1 aromatic carbocycles. The average Bonchev–Trinajstić information content (AvgIpc) is 3.10. The van der Waals surface area contributed by atoms with Crippen molar-refractivity contribution in [1.29, 1.82) is 0 Å². The van der Waals surface area contributed by atoms with Crippen molar-refractivity contribution in [3.63, 3.8) is 0 Å². The standard InChI is InChI=1S/C14H13ClN4O5S/c15-9-5-8(19(23)24)1-2-10(9)16-11(20)6-18-12(21)14(17-13(18)22)3-4-25-7-14/h1-2,5H,3-4,6-7H2,(H,16,20)(H,17,22)/t14-/m0/s1. The van der Waals surface area contributed by atoms with E-state index in [-0.39, 0.29) is 16.4 Å². The number of nitrogens with zero attached hydrogens (tertiary/aromatic N) is 2. The highest BCUT2D eigenvalue weighted by atomic mass is 35.5. The lowest BCUT2D eigenvalue weighted by Crippen LogP contribution is -2.47. The lowest BCUT2D eigenvalue weighted by atomic mass is 9.99. The Kier molecular flexibility index (Phi) is 4.56. The Morgan fingerprint density at radius 3 is 2.84 bits per heavy atom. The van der Waals surface area contributed by atoms with Crippen LogP contribution in [0.25, 0.3) is 0 Å². The number of nitrogens with one attached hydrogen (secondary N) is 2. The van der Waals surface area contributed by atoms with Gasteiger partial charge in [-0.3, -0.25) is 24.6 Å². The second-order valence-corrected chi connectivity index (χ2v) is 7.19. The molecular formula is C14H13ClN4O5S. The number of rotatable bonds is 4. The maximum absolute atomic E-state index is 12.5. The zero-order chi connectivity index (χ0) is 18.2. The molecule has 2 fully saturated rings. The number of hydrogen-bond donors (Lipinski definition) is 2. The first-order valence-corrected chi connectivity index (χ1v) is 8.81. The van der Waals surface area contributed by atoms with E-state index in [1.807, 2.05) is 0 Å². The summed E-state index contributed by atoms with van der Waals surface area (Å²) in [5, 5.41) is 15.8. The van der Waals surface area contributed by atoms with Crippen molar-refractivity contribution in [3.05, 3.63) is 33.3 Å². The molecule has 3 rings (SSSR count). The number of urea groups is 1. The van der Waals surface area contributed by atoms with Crippen LogP contribution >= 0.6 is 23.4 Å². The Balaban J connectivity index is 1.68. The quantitative estimate of drug-likeness (QED) is 0.462. The SMILES string of the molecule is O=C(CN1C(=O)N[C@]2(CCSC2)C1=O)Nc1ccc([N+](=O)[O-])cc1Cl. The molecule has 0 bridgehead atoms. The molecule has 0 aliphatic carbocycles. The minimum Gasteiger partial charge on any atom is -0.323 e. The third-order valence-corrected chi connectivity index (χ3v) is 5.51. The molecule has 2 aliphatic rings. The number of anilines is 1. The number of nitro benzene ring substituents is 1. The van der Waals surface area contributed by atoms with Crippen LogP contribution in [0.4, 0.5) is 16.2 Å². The molecule has 25 heavy (non-hydrogen) atoms. The molecule has 0 aromatic heterocycles. The second-order valence-electron chi connectivity index (χ2n) is 5.68. The largest absolute Gasteiger partial charge is 0.325 e. The molecule has 1 aromatic rings. The molecule has 0 saturated carbocycles. The van der Waals surface area contributed by atoms with Gasteiger partial charge in [-0.15, -0.1) is 0 Å². The molecule has 0 unspecified atom stereocenters. The zero-order valence-electron chi connectivity index (χ0n) is 12.8. The maximum atomic E-state index is 12.5. The van der Waals surface area contributed by atoms with E-state index in [0.29, 0.717) is 12.2 Å². The van der Waals surface area contributed by atoms with Gasteiger partial charge in [0.1, 0.15) is 12.1 Å². The molecule has 132 valence electrons. The van der Waals surface area contributed by atoms with Gasteiger partial charge in [0.2, 0.25) is 5.91 Å². The van der Waals surface area contributed by atoms with Gasteiger partial charge in [-0.25, -0.2) is 4.79 Å². The van der Waals surface area contributed by atoms with Crippen molar-refractivity contribution in [2.24, 2.45) is 0 Å². The summed E-state index contributed by atoms with van der Waals surface area (Å²) in [7, 11) is 0. The summed E-state index contributed by atoms with van der Waals surface area (Å²) < 4.78 is 0. The maximum Gasteiger partial charge on any atom is 0.325 e. The number of nitro groups is 1. The molecule has 1 spiro atoms. The monoisotopic (exact) mass is 384 g/mol. The van der Waals surface area contributed by atoms with Crippen LogP contribution in [0.2, 0.25) is 5.02 Å². The van der Waals surface area contributed by atoms with Gasteiger partial charge in [-0.2, -0.15) is 11.8 Å². The molecule has 2 heterocycles. The first-order chi connectivity index (χ1) is 11.8. The van der Waals surface area contributed by atoms with E-state index in [2.05, 4.69) is 10.6 Å². The molecule has 2 N–H and O–H groups in total. The predicted molar refractivity (Wildman–Crippen MR) is 91.7 cm³/mol. The zero-order valence-corrected chi connectivity index (χ0v) is 14.4. The van der Waals surface area contributed by atoms with Crippen molar-refractivity contribution in [2.75, 3.05) is 23.4 Å². The number of amides is 4. The number of benzene rings is 1. The summed E-state index contributed by atoms with van der Waals surface area (Å²) in [5.41, 5.74) is -0.958. The van der Waals surface area contributed by atoms with Crippen LogP contribution in [0.1, 0.15) is 6.42 Å². The number of non-ortho nitro benzene ring substituents is 1. The van der Waals surface area contributed by atoms with Crippen LogP contribution in [0.15, 0.2) is 18.2 Å². The van der Waals surface area contributed by atoms with Gasteiger partial charge in [0.05, 0.1) is 15.6 Å². The third-order valence-electron chi connectivity index (χ3n) is 4.01. The van der Waals surface area contributed by atoms with E-state index in [1.165, 1.54) is 12.1 Å². The Morgan fingerprint density at radius 2 is 2.24 bits per heavy atom. The minimum absolute atomic E-state index is 0.0107. The lowest BCUT2D eigenvalue weighted by Gasteiger charge is -2.19. The van der Waals surface area contributed by atoms with Crippen LogP contribution in [0.5, 0.6) is 0 Å². The van der Waals surface area contributed by atoms with Gasteiger partial charge in [-0.1, -0.05) is 11.6 Å². The van der Waals surface area contributed by atoms with Crippen molar-refractivity contribution in [1.82, 2.24) is 10.2 Å². The summed E-state index contributed by atoms with van der Waals surface area (Å²) in [4.78, 5) is 47.6. The van der Waals surface area contributed by atoms with Crippen LogP contribution < -0.4 is 10.6 Å². The normalized spacial score (nSPS) is 22.4. The Labute approximate surface area is 151 Å². The highest BCUT2D eigenvalue weighted by molar-refractivity contribution is 7.99. The average molecular weight is 385 g/mol. The molecule has 2 aliphatic heterocycles. The molecule has 2 saturated heterocycles. The minimum atomic E-state index is -0.910. The van der Waals surface area contributed by atoms with Crippen LogP contribution in [-0.2, 0) is 9.59 Å². The van der Waals surface area contributed by atoms with Crippen molar-refractivity contribution < 1.29 is 19.3 Å². The van der Waals surface area contributed by atoms with Crippen molar-refractivity contribution >= 4 is 52.6 Å². The summed E-state index contributed by atoms with van der Waals surface area (Å²) >= 11 is 7.48. The van der Waals surface area contributed by atoms with Gasteiger partial charge in [0.15, 0.2) is 0 Å². The number of halogens is 1. The fourth-order valence-corrected chi connectivity index (χ4v) is 4.25. The molecule has 4 amide bonds. The van der Waals surface area contributed by atoms with E-state index in [0.717, 1.165) is 16.7 Å². The third kappa shape index (κ3) is 3.27. The van der Waals surface area contributed by atoms with E-state index in [9.17, 15) is 24.5 Å². The molecule has 1 atom stereocenters. The van der Waals surface area contributed by atoms with Gasteiger partial charge in [0, 0.05) is 17.9 Å². The Hall–Kier alpha value is -2.33. The van der Waals surface area contributed by atoms with Crippen molar-refractivity contribution in [2.45, 2.75) is 12.0 Å². The second kappa shape index (κ2) is 6.52. The van der Waals surface area contributed by atoms with Gasteiger partial charge >= 0.3 is 6.03 Å². The van der Waals surface area contributed by atoms with E-state index < -0.39 is 34.9 Å². The first-order valence-electron chi connectivity index (χ1n) is 7.28. The van der Waals surface area contributed by atoms with Gasteiger partial charge < -0.3 is 10.6 Å². The smallest absolute Gasteiger partial charge is 0.323 e. The topological polar surface area (TPSA) is 122 Å². The van der Waals surface area contributed by atoms with Crippen LogP contribution in [0, 0.1) is 10.1 Å². The first kappa shape index (κ1) is 17.5. The number of thioether (sulfide) groups is 1. The number of carbonyl (C=O) groups is 3. The summed E-state index contributed by atoms with van der Waals surface area (Å²) in [5.74, 6) is 0.225. The lowest BCUT2D eigenvalue weighted by molar-refractivity contribution is -0.384. The number of hydrogen-bond acceptors (Lipinski definition) is 6. The van der Waals surface area contributed by atoms with Gasteiger partial charge in [-0.05, 0) is 18.2 Å². The van der Waals surface area contributed by atoms with E-state index in [4.69, 9.17) is 11.6 Å². The molecule has 11 heteroatoms. The summed E-state index contributed by atoms with van der Waals surface area (Å²) in [6.07, 6.45) is 0.536. The number of carbonyl (C=O) groups excluding carboxylic acids is 3. The van der Waals surface area contributed by atoms with Crippen molar-refractivity contribution in [3.8, 4) is 0 Å². The summed E-state index contributed by atoms with van der Waals surface area (Å²) in [6, 6.07) is 2.99. The summed E-state index contributed by atoms with van der Waals surface area (Å²) in [6.45, 7) is -0.454.